The molecule has 7 nitrogen and oxygen atoms in total. The van der Waals surface area contributed by atoms with E-state index < -0.39 is 0 Å². The maximum Gasteiger partial charge on any atom is 0.251 e. The zero-order chi connectivity index (χ0) is 29.2. The van der Waals surface area contributed by atoms with Crippen LogP contribution in [0.3, 0.4) is 0 Å². The fraction of sp³-hybridized carbons (Fsp3) is 0.469. The molecule has 0 saturated carbocycles. The van der Waals surface area contributed by atoms with Crippen LogP contribution in [0, 0.1) is 6.92 Å². The lowest BCUT2D eigenvalue weighted by Crippen LogP contribution is -2.47. The molecular formula is C32H43ClN6OS. The first-order valence-electron chi connectivity index (χ1n) is 14.7. The van der Waals surface area contributed by atoms with E-state index >= 15 is 0 Å². The van der Waals surface area contributed by atoms with Crippen LogP contribution in [0.4, 0.5) is 11.5 Å². The van der Waals surface area contributed by atoms with Gasteiger partial charge in [-0.25, -0.2) is 9.97 Å². The first-order chi connectivity index (χ1) is 19.9. The fourth-order valence-electron chi connectivity index (χ4n) is 5.20. The van der Waals surface area contributed by atoms with Crippen molar-refractivity contribution in [1.82, 2.24) is 20.2 Å². The number of hydrogen-bond acceptors (Lipinski definition) is 7. The minimum atomic E-state index is -0.0293. The largest absolute Gasteiger partial charge is 0.368 e. The van der Waals surface area contributed by atoms with Crippen molar-refractivity contribution in [1.29, 1.82) is 0 Å². The number of nitrogens with zero attached hydrogens (tertiary/aromatic N) is 5. The van der Waals surface area contributed by atoms with Crippen molar-refractivity contribution in [2.24, 2.45) is 0 Å². The van der Waals surface area contributed by atoms with E-state index in [0.717, 1.165) is 70.0 Å². The molecule has 0 radical (unpaired) electrons. The minimum Gasteiger partial charge on any atom is -0.368 e. The van der Waals surface area contributed by atoms with Gasteiger partial charge in [0.1, 0.15) is 11.0 Å². The smallest absolute Gasteiger partial charge is 0.251 e. The number of aryl methyl sites for hydroxylation is 1. The lowest BCUT2D eigenvalue weighted by molar-refractivity contribution is 0.0937. The Morgan fingerprint density at radius 2 is 1.76 bits per heavy atom. The third-order valence-corrected chi connectivity index (χ3v) is 8.77. The molecule has 1 unspecified atom stereocenters. The third kappa shape index (κ3) is 9.09. The fourth-order valence-corrected chi connectivity index (χ4v) is 6.22. The zero-order valence-corrected chi connectivity index (χ0v) is 26.3. The number of nitrogens with one attached hydrogen (secondary N) is 1. The Bertz CT molecular complexity index is 1280. The predicted molar refractivity (Wildman–Crippen MR) is 173 cm³/mol. The number of amides is 1. The molecule has 220 valence electrons. The van der Waals surface area contributed by atoms with E-state index in [2.05, 4.69) is 77.0 Å². The molecule has 0 aliphatic carbocycles. The summed E-state index contributed by atoms with van der Waals surface area (Å²) < 4.78 is 0. The number of carbonyl (C=O) groups excluding carboxylic acids is 1. The first kappa shape index (κ1) is 31.1. The van der Waals surface area contributed by atoms with Crippen LogP contribution in [-0.4, -0.2) is 72.6 Å². The molecule has 1 fully saturated rings. The van der Waals surface area contributed by atoms with Crippen LogP contribution in [-0.2, 0) is 5.75 Å². The second kappa shape index (κ2) is 15.4. The highest BCUT2D eigenvalue weighted by atomic mass is 35.5. The summed E-state index contributed by atoms with van der Waals surface area (Å²) in [5, 5.41) is 4.25. The molecule has 41 heavy (non-hydrogen) atoms. The standard InChI is InChI=1S/C32H43ClN6OS/c1-5-37(6-2)16-10-12-25(4)34-31(40)27-14-9-13-26(21-27)23-41-32-35-29(33)22-30(36-32)39-19-17-38(18-20-39)28-15-8-7-11-24(28)3/h7-9,11,13-15,21-22,25H,5-6,10,12,16-20,23H2,1-4H3,(H,34,40). The number of hydrogen-bond donors (Lipinski definition) is 1. The van der Waals surface area contributed by atoms with E-state index in [-0.39, 0.29) is 11.9 Å². The van der Waals surface area contributed by atoms with Gasteiger partial charge in [-0.3, -0.25) is 4.79 Å². The number of para-hydroxylation sites is 1. The zero-order valence-electron chi connectivity index (χ0n) is 24.8. The molecule has 1 aliphatic rings. The van der Waals surface area contributed by atoms with Gasteiger partial charge in [-0.2, -0.15) is 0 Å². The Morgan fingerprint density at radius 1 is 1.02 bits per heavy atom. The average molecular weight is 595 g/mol. The molecular weight excluding hydrogens is 552 g/mol. The second-order valence-electron chi connectivity index (χ2n) is 10.6. The van der Waals surface area contributed by atoms with E-state index in [1.807, 2.05) is 30.3 Å². The van der Waals surface area contributed by atoms with E-state index in [1.165, 1.54) is 23.0 Å². The summed E-state index contributed by atoms with van der Waals surface area (Å²) in [6, 6.07) is 18.3. The summed E-state index contributed by atoms with van der Waals surface area (Å²) in [6.07, 6.45) is 2.04. The topological polar surface area (TPSA) is 64.6 Å². The van der Waals surface area contributed by atoms with Crippen LogP contribution >= 0.6 is 23.4 Å². The number of anilines is 2. The van der Waals surface area contributed by atoms with Crippen LogP contribution in [0.5, 0.6) is 0 Å². The number of piperazine rings is 1. The van der Waals surface area contributed by atoms with Crippen molar-refractivity contribution in [3.8, 4) is 0 Å². The third-order valence-electron chi connectivity index (χ3n) is 7.66. The predicted octanol–water partition coefficient (Wildman–Crippen LogP) is 6.30. The van der Waals surface area contributed by atoms with Gasteiger partial charge in [0.2, 0.25) is 0 Å². The Hall–Kier alpha value is -2.81. The summed E-state index contributed by atoms with van der Waals surface area (Å²) in [5.41, 5.74) is 4.32. The number of rotatable bonds is 13. The van der Waals surface area contributed by atoms with Crippen LogP contribution in [0.2, 0.25) is 5.15 Å². The van der Waals surface area contributed by atoms with Crippen LogP contribution < -0.4 is 15.1 Å². The van der Waals surface area contributed by atoms with E-state index in [0.29, 0.717) is 21.6 Å². The molecule has 3 aromatic rings. The van der Waals surface area contributed by atoms with Crippen molar-refractivity contribution in [2.45, 2.75) is 57.5 Å². The highest BCUT2D eigenvalue weighted by Crippen LogP contribution is 2.27. The van der Waals surface area contributed by atoms with Crippen molar-refractivity contribution >= 4 is 40.8 Å². The Morgan fingerprint density at radius 3 is 2.49 bits per heavy atom. The van der Waals surface area contributed by atoms with Gasteiger partial charge in [-0.1, -0.05) is 67.5 Å². The number of carbonyl (C=O) groups is 1. The number of benzene rings is 2. The molecule has 1 aromatic heterocycles. The normalized spacial score (nSPS) is 14.4. The highest BCUT2D eigenvalue weighted by molar-refractivity contribution is 7.98. The van der Waals surface area contributed by atoms with Gasteiger partial charge in [0.25, 0.3) is 5.91 Å². The maximum atomic E-state index is 12.9. The molecule has 0 bridgehead atoms. The number of aromatic nitrogens is 2. The molecule has 0 spiro atoms. The molecule has 4 rings (SSSR count). The van der Waals surface area contributed by atoms with E-state index in [4.69, 9.17) is 16.6 Å². The maximum absolute atomic E-state index is 12.9. The van der Waals surface area contributed by atoms with E-state index in [9.17, 15) is 4.79 Å². The van der Waals surface area contributed by atoms with Gasteiger partial charge in [-0.15, -0.1) is 0 Å². The quantitative estimate of drug-likeness (QED) is 0.142. The van der Waals surface area contributed by atoms with Crippen molar-refractivity contribution < 1.29 is 4.79 Å². The lowest BCUT2D eigenvalue weighted by atomic mass is 10.1. The minimum absolute atomic E-state index is 0.0293. The molecule has 1 aliphatic heterocycles. The summed E-state index contributed by atoms with van der Waals surface area (Å²) in [5.74, 6) is 1.49. The molecule has 2 heterocycles. The van der Waals surface area contributed by atoms with Gasteiger partial charge in [-0.05, 0) is 75.6 Å². The second-order valence-corrected chi connectivity index (χ2v) is 12.0. The van der Waals surface area contributed by atoms with Gasteiger partial charge in [0.05, 0.1) is 0 Å². The summed E-state index contributed by atoms with van der Waals surface area (Å²) in [4.78, 5) is 29.3. The highest BCUT2D eigenvalue weighted by Gasteiger charge is 2.20. The van der Waals surface area contributed by atoms with Crippen molar-refractivity contribution in [3.63, 3.8) is 0 Å². The molecule has 1 atom stereocenters. The Kier molecular flexibility index (Phi) is 11.7. The monoisotopic (exact) mass is 594 g/mol. The van der Waals surface area contributed by atoms with Crippen molar-refractivity contribution in [3.05, 3.63) is 76.4 Å². The molecule has 2 aromatic carbocycles. The SMILES string of the molecule is CCN(CC)CCCC(C)NC(=O)c1cccc(CSc2nc(Cl)cc(N3CCN(c4ccccc4C)CC3)n2)c1. The number of halogens is 1. The summed E-state index contributed by atoms with van der Waals surface area (Å²) in [7, 11) is 0. The van der Waals surface area contributed by atoms with Crippen molar-refractivity contribution in [2.75, 3.05) is 55.6 Å². The lowest BCUT2D eigenvalue weighted by Gasteiger charge is -2.37. The summed E-state index contributed by atoms with van der Waals surface area (Å²) in [6.45, 7) is 15.4. The number of thioether (sulfide) groups is 1. The van der Waals surface area contributed by atoms with Gasteiger partial charge < -0.3 is 20.0 Å². The van der Waals surface area contributed by atoms with Gasteiger partial charge in [0, 0.05) is 55.3 Å². The van der Waals surface area contributed by atoms with Gasteiger partial charge in [0.15, 0.2) is 5.16 Å². The summed E-state index contributed by atoms with van der Waals surface area (Å²) >= 11 is 7.96. The first-order valence-corrected chi connectivity index (χ1v) is 16.1. The molecule has 9 heteroatoms. The van der Waals surface area contributed by atoms with E-state index in [1.54, 1.807) is 0 Å². The van der Waals surface area contributed by atoms with Crippen LogP contribution in [0.15, 0.2) is 59.8 Å². The Labute approximate surface area is 254 Å². The molecule has 1 amide bonds. The average Bonchev–Trinajstić information content (AvgIpc) is 2.98. The molecule has 1 N–H and O–H groups in total. The Balaban J connectivity index is 1.30. The van der Waals surface area contributed by atoms with Crippen LogP contribution in [0.25, 0.3) is 0 Å². The van der Waals surface area contributed by atoms with Gasteiger partial charge >= 0.3 is 0 Å². The molecule has 1 saturated heterocycles. The van der Waals surface area contributed by atoms with Crippen LogP contribution in [0.1, 0.15) is 55.1 Å².